The molecule has 1 heterocycles. The third kappa shape index (κ3) is 4.13. The first-order valence-corrected chi connectivity index (χ1v) is 9.06. The summed E-state index contributed by atoms with van der Waals surface area (Å²) in [6, 6.07) is 1.11. The van der Waals surface area contributed by atoms with Gasteiger partial charge in [-0.25, -0.2) is 13.6 Å². The van der Waals surface area contributed by atoms with Gasteiger partial charge in [0.1, 0.15) is 10.7 Å². The summed E-state index contributed by atoms with van der Waals surface area (Å²) in [6.45, 7) is 3.89. The standard InChI is InChI=1S/C14H21N3O6S/c1-3-17(7-13(18)19)10-4-9(5-10)16-14(20)11-6-12(8(2)23-11)24(15,21)22/h6,9-10H,3-5,7H2,1-2H3,(H,16,20)(H,18,19)(H2,15,21,22). The SMILES string of the molecule is CCN(CC(=O)O)C1CC(NC(=O)c2cc(S(N)(=O)=O)c(C)o2)C1. The Kier molecular flexibility index (Phi) is 5.31. The molecular weight excluding hydrogens is 338 g/mol. The maximum atomic E-state index is 12.1. The number of hydrogen-bond acceptors (Lipinski definition) is 6. The Hall–Kier alpha value is -1.91. The van der Waals surface area contributed by atoms with E-state index in [-0.39, 0.29) is 35.0 Å². The molecule has 0 spiro atoms. The normalized spacial score (nSPS) is 20.7. The van der Waals surface area contributed by atoms with Crippen LogP contribution < -0.4 is 10.5 Å². The number of sulfonamides is 1. The van der Waals surface area contributed by atoms with Crippen LogP contribution in [0.25, 0.3) is 0 Å². The van der Waals surface area contributed by atoms with Crippen molar-refractivity contribution in [3.8, 4) is 0 Å². The van der Waals surface area contributed by atoms with E-state index in [1.54, 1.807) is 0 Å². The highest BCUT2D eigenvalue weighted by Gasteiger charge is 2.35. The molecule has 134 valence electrons. The van der Waals surface area contributed by atoms with Crippen LogP contribution in [0.15, 0.2) is 15.4 Å². The molecule has 1 aromatic heterocycles. The van der Waals surface area contributed by atoms with Gasteiger partial charge in [-0.3, -0.25) is 14.5 Å². The van der Waals surface area contributed by atoms with Crippen molar-refractivity contribution in [1.29, 1.82) is 0 Å². The highest BCUT2D eigenvalue weighted by molar-refractivity contribution is 7.89. The number of nitrogens with two attached hydrogens (primary N) is 1. The van der Waals surface area contributed by atoms with Crippen LogP contribution in [-0.4, -0.2) is 55.5 Å². The van der Waals surface area contributed by atoms with Crippen LogP contribution in [0, 0.1) is 6.92 Å². The van der Waals surface area contributed by atoms with Gasteiger partial charge in [0.25, 0.3) is 5.91 Å². The van der Waals surface area contributed by atoms with E-state index >= 15 is 0 Å². The highest BCUT2D eigenvalue weighted by Crippen LogP contribution is 2.26. The lowest BCUT2D eigenvalue weighted by Crippen LogP contribution is -2.54. The van der Waals surface area contributed by atoms with Crippen LogP contribution in [0.4, 0.5) is 0 Å². The van der Waals surface area contributed by atoms with Gasteiger partial charge in [0, 0.05) is 18.2 Å². The third-order valence-corrected chi connectivity index (χ3v) is 5.13. The van der Waals surface area contributed by atoms with Gasteiger partial charge in [-0.05, 0) is 26.3 Å². The fourth-order valence-electron chi connectivity index (χ4n) is 2.79. The van der Waals surface area contributed by atoms with Crippen LogP contribution in [0.5, 0.6) is 0 Å². The highest BCUT2D eigenvalue weighted by atomic mass is 32.2. The summed E-state index contributed by atoms with van der Waals surface area (Å²) in [5.74, 6) is -1.45. The smallest absolute Gasteiger partial charge is 0.317 e. The van der Waals surface area contributed by atoms with Crippen molar-refractivity contribution in [2.75, 3.05) is 13.1 Å². The molecule has 1 aromatic rings. The molecule has 24 heavy (non-hydrogen) atoms. The molecule has 1 fully saturated rings. The number of nitrogens with one attached hydrogen (secondary N) is 1. The maximum Gasteiger partial charge on any atom is 0.317 e. The zero-order chi connectivity index (χ0) is 18.1. The summed E-state index contributed by atoms with van der Waals surface area (Å²) >= 11 is 0. The number of aliphatic carboxylic acids is 1. The molecule has 0 aromatic carbocycles. The van der Waals surface area contributed by atoms with Gasteiger partial charge in [-0.15, -0.1) is 0 Å². The second-order valence-corrected chi connectivity index (χ2v) is 7.36. The number of primary sulfonamides is 1. The fraction of sp³-hybridized carbons (Fsp3) is 0.571. The van der Waals surface area contributed by atoms with Crippen molar-refractivity contribution in [3.63, 3.8) is 0 Å². The van der Waals surface area contributed by atoms with Crippen LogP contribution in [-0.2, 0) is 14.8 Å². The lowest BCUT2D eigenvalue weighted by Gasteiger charge is -2.42. The molecule has 0 bridgehead atoms. The summed E-state index contributed by atoms with van der Waals surface area (Å²) in [7, 11) is -3.94. The number of aryl methyl sites for hydroxylation is 1. The van der Waals surface area contributed by atoms with Crippen LogP contribution in [0.1, 0.15) is 36.1 Å². The number of furan rings is 1. The van der Waals surface area contributed by atoms with Gasteiger partial charge in [-0.1, -0.05) is 6.92 Å². The molecule has 1 aliphatic carbocycles. The molecule has 0 unspecified atom stereocenters. The Labute approximate surface area is 139 Å². The average Bonchev–Trinajstić information content (AvgIpc) is 2.82. The lowest BCUT2D eigenvalue weighted by atomic mass is 9.85. The average molecular weight is 359 g/mol. The number of hydrogen-bond donors (Lipinski definition) is 3. The Bertz CT molecular complexity index is 736. The third-order valence-electron chi connectivity index (χ3n) is 4.11. The zero-order valence-corrected chi connectivity index (χ0v) is 14.3. The summed E-state index contributed by atoms with van der Waals surface area (Å²) in [5, 5.41) is 16.6. The molecule has 4 N–H and O–H groups in total. The molecule has 0 saturated heterocycles. The number of carboxylic acid groups (broad SMARTS) is 1. The Morgan fingerprint density at radius 3 is 2.54 bits per heavy atom. The topological polar surface area (TPSA) is 143 Å². The molecule has 2 rings (SSSR count). The Morgan fingerprint density at radius 1 is 1.46 bits per heavy atom. The Morgan fingerprint density at radius 2 is 2.08 bits per heavy atom. The first kappa shape index (κ1) is 18.4. The summed E-state index contributed by atoms with van der Waals surface area (Å²) < 4.78 is 27.9. The van der Waals surface area contributed by atoms with E-state index in [2.05, 4.69) is 5.32 Å². The largest absolute Gasteiger partial charge is 0.480 e. The number of carbonyl (C=O) groups excluding carboxylic acids is 1. The molecule has 1 amide bonds. The minimum Gasteiger partial charge on any atom is -0.480 e. The van der Waals surface area contributed by atoms with E-state index in [1.807, 2.05) is 11.8 Å². The Balaban J connectivity index is 1.92. The minimum absolute atomic E-state index is 0.0308. The molecule has 0 aliphatic heterocycles. The molecule has 1 saturated carbocycles. The summed E-state index contributed by atoms with van der Waals surface area (Å²) in [5.41, 5.74) is 0. The molecular formula is C14H21N3O6S. The lowest BCUT2D eigenvalue weighted by molar-refractivity contribution is -0.139. The predicted octanol–water partition coefficient (Wildman–Crippen LogP) is -0.0973. The number of nitrogens with zero attached hydrogens (tertiary/aromatic N) is 1. The first-order valence-electron chi connectivity index (χ1n) is 7.51. The van der Waals surface area contributed by atoms with Crippen molar-refractivity contribution < 1.29 is 27.5 Å². The van der Waals surface area contributed by atoms with Crippen LogP contribution in [0.2, 0.25) is 0 Å². The summed E-state index contributed by atoms with van der Waals surface area (Å²) in [4.78, 5) is 24.5. The van der Waals surface area contributed by atoms with Crippen LogP contribution >= 0.6 is 0 Å². The summed E-state index contributed by atoms with van der Waals surface area (Å²) in [6.07, 6.45) is 1.27. The van der Waals surface area contributed by atoms with Crippen molar-refractivity contribution in [1.82, 2.24) is 10.2 Å². The van der Waals surface area contributed by atoms with E-state index < -0.39 is 21.9 Å². The predicted molar refractivity (Wildman–Crippen MR) is 84.0 cm³/mol. The van der Waals surface area contributed by atoms with Crippen LogP contribution in [0.3, 0.4) is 0 Å². The van der Waals surface area contributed by atoms with E-state index in [0.29, 0.717) is 19.4 Å². The number of carbonyl (C=O) groups is 2. The monoisotopic (exact) mass is 359 g/mol. The van der Waals surface area contributed by atoms with Gasteiger partial charge >= 0.3 is 5.97 Å². The van der Waals surface area contributed by atoms with Crippen molar-refractivity contribution in [2.24, 2.45) is 5.14 Å². The minimum atomic E-state index is -3.94. The molecule has 0 atom stereocenters. The van der Waals surface area contributed by atoms with Gasteiger partial charge in [0.15, 0.2) is 5.76 Å². The second-order valence-electron chi connectivity index (χ2n) is 5.83. The van der Waals surface area contributed by atoms with Gasteiger partial charge < -0.3 is 14.8 Å². The quantitative estimate of drug-likeness (QED) is 0.617. The van der Waals surface area contributed by atoms with Gasteiger partial charge in [0.05, 0.1) is 6.54 Å². The van der Waals surface area contributed by atoms with E-state index in [1.165, 1.54) is 6.92 Å². The molecule has 10 heteroatoms. The number of likely N-dealkylation sites (N-methyl/N-ethyl adjacent to an activating group) is 1. The van der Waals surface area contributed by atoms with E-state index in [9.17, 15) is 18.0 Å². The number of rotatable bonds is 7. The van der Waals surface area contributed by atoms with Gasteiger partial charge in [-0.2, -0.15) is 0 Å². The second kappa shape index (κ2) is 6.91. The molecule has 1 aliphatic rings. The van der Waals surface area contributed by atoms with E-state index in [4.69, 9.17) is 14.7 Å². The number of carboxylic acids is 1. The molecule has 0 radical (unpaired) electrons. The van der Waals surface area contributed by atoms with E-state index in [0.717, 1.165) is 6.07 Å². The molecule has 9 nitrogen and oxygen atoms in total. The van der Waals surface area contributed by atoms with Crippen molar-refractivity contribution in [2.45, 2.75) is 43.7 Å². The number of amides is 1. The van der Waals surface area contributed by atoms with Crippen molar-refractivity contribution in [3.05, 3.63) is 17.6 Å². The maximum absolute atomic E-state index is 12.1. The van der Waals surface area contributed by atoms with Crippen molar-refractivity contribution >= 4 is 21.9 Å². The first-order chi connectivity index (χ1) is 11.1. The fourth-order valence-corrected chi connectivity index (χ4v) is 3.51. The van der Waals surface area contributed by atoms with Gasteiger partial charge in [0.2, 0.25) is 10.0 Å². The zero-order valence-electron chi connectivity index (χ0n) is 13.5.